The molecule has 2 aromatic rings. The molecule has 1 aliphatic heterocycles. The number of rotatable bonds is 4. The lowest BCUT2D eigenvalue weighted by Crippen LogP contribution is -2.38. The molecule has 1 unspecified atom stereocenters. The number of esters is 1. The lowest BCUT2D eigenvalue weighted by molar-refractivity contribution is -0.141. The van der Waals surface area contributed by atoms with Gasteiger partial charge in [0.1, 0.15) is 6.61 Å². The molecular formula is C16H15N2O3S-. The van der Waals surface area contributed by atoms with E-state index in [2.05, 4.69) is 5.32 Å². The zero-order valence-corrected chi connectivity index (χ0v) is 12.6. The van der Waals surface area contributed by atoms with E-state index in [0.29, 0.717) is 10.6 Å². The average Bonchev–Trinajstić information content (AvgIpc) is 3.08. The zero-order chi connectivity index (χ0) is 15.4. The lowest BCUT2D eigenvalue weighted by Gasteiger charge is -2.36. The summed E-state index contributed by atoms with van der Waals surface area (Å²) in [5.41, 5.74) is 1.24. The van der Waals surface area contributed by atoms with Crippen molar-refractivity contribution in [2.45, 2.75) is 12.6 Å². The van der Waals surface area contributed by atoms with Gasteiger partial charge in [-0.3, -0.25) is 5.32 Å². The Hall–Kier alpha value is -2.15. The molecule has 1 aromatic heterocycles. The molecule has 2 heterocycles. The average molecular weight is 315 g/mol. The molecule has 0 bridgehead atoms. The van der Waals surface area contributed by atoms with E-state index in [1.165, 1.54) is 17.5 Å². The van der Waals surface area contributed by atoms with Crippen LogP contribution in [-0.2, 0) is 16.1 Å². The number of benzene rings is 1. The predicted molar refractivity (Wildman–Crippen MR) is 84.6 cm³/mol. The third-order valence-corrected chi connectivity index (χ3v) is 4.26. The quantitative estimate of drug-likeness (QED) is 0.879. The van der Waals surface area contributed by atoms with Gasteiger partial charge < -0.3 is 15.0 Å². The predicted octanol–water partition coefficient (Wildman–Crippen LogP) is 2.78. The van der Waals surface area contributed by atoms with Crippen LogP contribution in [0.4, 0.5) is 0 Å². The molecular weight excluding hydrogens is 300 g/mol. The molecule has 0 aliphatic carbocycles. The smallest absolute Gasteiger partial charge is 0.337 e. The largest absolute Gasteiger partial charge is 0.758 e. The number of ether oxygens (including phenoxy) is 1. The third-order valence-electron chi connectivity index (χ3n) is 3.32. The Balaban J connectivity index is 1.73. The second-order valence-corrected chi connectivity index (χ2v) is 5.85. The van der Waals surface area contributed by atoms with Gasteiger partial charge in [0.15, 0.2) is 0 Å². The summed E-state index contributed by atoms with van der Waals surface area (Å²) in [7, 11) is 0. The maximum atomic E-state index is 12.3. The van der Waals surface area contributed by atoms with E-state index in [9.17, 15) is 10.0 Å². The maximum absolute atomic E-state index is 12.3. The highest BCUT2D eigenvalue weighted by molar-refractivity contribution is 7.10. The molecule has 0 saturated carbocycles. The molecule has 5 nitrogen and oxygen atoms in total. The molecule has 0 radical (unpaired) electrons. The number of hydroxylamine groups is 2. The molecule has 1 aliphatic rings. The van der Waals surface area contributed by atoms with Crippen LogP contribution in [0.3, 0.4) is 0 Å². The van der Waals surface area contributed by atoms with Gasteiger partial charge in [-0.25, -0.2) is 4.79 Å². The van der Waals surface area contributed by atoms with Crippen molar-refractivity contribution in [3.8, 4) is 0 Å². The second kappa shape index (κ2) is 6.74. The van der Waals surface area contributed by atoms with Crippen LogP contribution in [0.15, 0.2) is 59.6 Å². The van der Waals surface area contributed by atoms with Crippen LogP contribution in [0, 0.1) is 5.21 Å². The Labute approximate surface area is 132 Å². The standard InChI is InChI=1S/C16H15N2O3S/c19-16(21-10-12-5-2-1-3-6-12)13-9-18(20)11-17-15(13)14-7-4-8-22-14/h1-9,15,17H,10-11H2/q-1. The van der Waals surface area contributed by atoms with Gasteiger partial charge in [0, 0.05) is 11.1 Å². The van der Waals surface area contributed by atoms with Gasteiger partial charge in [-0.2, -0.15) is 0 Å². The first-order valence-corrected chi connectivity index (χ1v) is 7.75. The van der Waals surface area contributed by atoms with E-state index in [0.717, 1.165) is 10.4 Å². The minimum Gasteiger partial charge on any atom is -0.758 e. The van der Waals surface area contributed by atoms with Gasteiger partial charge in [0.2, 0.25) is 0 Å². The molecule has 0 fully saturated rings. The van der Waals surface area contributed by atoms with E-state index in [1.807, 2.05) is 47.8 Å². The molecule has 0 spiro atoms. The number of hydrogen-bond acceptors (Lipinski definition) is 6. The fourth-order valence-corrected chi connectivity index (χ4v) is 3.07. The summed E-state index contributed by atoms with van der Waals surface area (Å²) >= 11 is 1.53. The normalized spacial score (nSPS) is 18.0. The van der Waals surface area contributed by atoms with E-state index in [4.69, 9.17) is 4.74 Å². The van der Waals surface area contributed by atoms with Crippen LogP contribution in [0.1, 0.15) is 16.5 Å². The van der Waals surface area contributed by atoms with Gasteiger partial charge >= 0.3 is 5.97 Å². The summed E-state index contributed by atoms with van der Waals surface area (Å²) in [6, 6.07) is 13.0. The van der Waals surface area contributed by atoms with Crippen molar-refractivity contribution < 1.29 is 9.53 Å². The van der Waals surface area contributed by atoms with Crippen LogP contribution >= 0.6 is 11.3 Å². The summed E-state index contributed by atoms with van der Waals surface area (Å²) in [6.45, 7) is 0.338. The Morgan fingerprint density at radius 2 is 2.14 bits per heavy atom. The summed E-state index contributed by atoms with van der Waals surface area (Å²) < 4.78 is 5.34. The SMILES string of the molecule is O=C(OCc1ccccc1)C1=CN([O-])CNC1c1cccs1. The third kappa shape index (κ3) is 3.36. The summed E-state index contributed by atoms with van der Waals surface area (Å²) in [4.78, 5) is 13.3. The number of carbonyl (C=O) groups is 1. The molecule has 114 valence electrons. The van der Waals surface area contributed by atoms with Gasteiger partial charge in [-0.05, 0) is 17.0 Å². The molecule has 0 saturated heterocycles. The maximum Gasteiger partial charge on any atom is 0.337 e. The van der Waals surface area contributed by atoms with Crippen LogP contribution in [0.25, 0.3) is 0 Å². The highest BCUT2D eigenvalue weighted by Gasteiger charge is 2.27. The van der Waals surface area contributed by atoms with E-state index in [1.54, 1.807) is 0 Å². The van der Waals surface area contributed by atoms with Gasteiger partial charge in [0.05, 0.1) is 18.3 Å². The Bertz CT molecular complexity index is 655. The van der Waals surface area contributed by atoms with Crippen LogP contribution in [0.5, 0.6) is 0 Å². The molecule has 1 aromatic carbocycles. The number of thiophene rings is 1. The van der Waals surface area contributed by atoms with Gasteiger partial charge in [0.25, 0.3) is 0 Å². The van der Waals surface area contributed by atoms with Crippen LogP contribution in [0.2, 0.25) is 0 Å². The monoisotopic (exact) mass is 315 g/mol. The van der Waals surface area contributed by atoms with Crippen LogP contribution < -0.4 is 5.32 Å². The van der Waals surface area contributed by atoms with Crippen LogP contribution in [-0.4, -0.2) is 17.7 Å². The van der Waals surface area contributed by atoms with E-state index >= 15 is 0 Å². The van der Waals surface area contributed by atoms with Crippen molar-refractivity contribution in [3.05, 3.63) is 75.3 Å². The summed E-state index contributed by atoms with van der Waals surface area (Å²) in [5, 5.41) is 17.2. The molecule has 1 atom stereocenters. The van der Waals surface area contributed by atoms with Crippen molar-refractivity contribution in [2.24, 2.45) is 0 Å². The Morgan fingerprint density at radius 1 is 1.32 bits per heavy atom. The topological polar surface area (TPSA) is 64.6 Å². The Morgan fingerprint density at radius 3 is 2.86 bits per heavy atom. The van der Waals surface area contributed by atoms with Crippen molar-refractivity contribution >= 4 is 17.3 Å². The van der Waals surface area contributed by atoms with Gasteiger partial charge in [-0.15, -0.1) is 11.3 Å². The summed E-state index contributed by atoms with van der Waals surface area (Å²) in [5.74, 6) is -0.477. The fourth-order valence-electron chi connectivity index (χ4n) is 2.25. The molecule has 3 rings (SSSR count). The van der Waals surface area contributed by atoms with Gasteiger partial charge in [-0.1, -0.05) is 36.4 Å². The van der Waals surface area contributed by atoms with Crippen molar-refractivity contribution in [1.29, 1.82) is 0 Å². The minimum absolute atomic E-state index is 0.151. The first kappa shape index (κ1) is 14.8. The zero-order valence-electron chi connectivity index (χ0n) is 11.8. The highest BCUT2D eigenvalue weighted by Crippen LogP contribution is 2.29. The number of carbonyl (C=O) groups excluding carboxylic acids is 1. The lowest BCUT2D eigenvalue weighted by atomic mass is 10.1. The number of nitrogens with zero attached hydrogens (tertiary/aromatic N) is 1. The first-order valence-electron chi connectivity index (χ1n) is 6.87. The Kier molecular flexibility index (Phi) is 4.53. The molecule has 22 heavy (non-hydrogen) atoms. The number of hydrogen-bond donors (Lipinski definition) is 1. The molecule has 1 N–H and O–H groups in total. The summed E-state index contributed by atoms with van der Waals surface area (Å²) in [6.07, 6.45) is 1.31. The highest BCUT2D eigenvalue weighted by atomic mass is 32.1. The van der Waals surface area contributed by atoms with E-state index in [-0.39, 0.29) is 19.3 Å². The molecule has 6 heteroatoms. The molecule has 0 amide bonds. The fraction of sp³-hybridized carbons (Fsp3) is 0.188. The van der Waals surface area contributed by atoms with Crippen molar-refractivity contribution in [3.63, 3.8) is 0 Å². The van der Waals surface area contributed by atoms with Crippen molar-refractivity contribution in [1.82, 2.24) is 10.4 Å². The minimum atomic E-state index is -0.477. The van der Waals surface area contributed by atoms with Crippen molar-refractivity contribution in [2.75, 3.05) is 6.67 Å². The number of nitrogens with one attached hydrogen (secondary N) is 1. The van der Waals surface area contributed by atoms with E-state index < -0.39 is 5.97 Å². The first-order chi connectivity index (χ1) is 10.7. The second-order valence-electron chi connectivity index (χ2n) is 4.87.